The molecule has 4 rings (SSSR count). The average molecular weight is 417 g/mol. The van der Waals surface area contributed by atoms with Crippen LogP contribution in [0.5, 0.6) is 0 Å². The minimum absolute atomic E-state index is 0.0595. The molecule has 0 fully saturated rings. The molecule has 160 valence electrons. The van der Waals surface area contributed by atoms with E-state index in [1.165, 1.54) is 11.1 Å². The molecule has 0 bridgehead atoms. The summed E-state index contributed by atoms with van der Waals surface area (Å²) < 4.78 is 1.78. The lowest BCUT2D eigenvalue weighted by atomic mass is 9.99. The van der Waals surface area contributed by atoms with Crippen molar-refractivity contribution >= 4 is 17.6 Å². The van der Waals surface area contributed by atoms with Crippen LogP contribution in [0, 0.1) is 13.8 Å². The van der Waals surface area contributed by atoms with Gasteiger partial charge in [-0.3, -0.25) is 9.69 Å². The summed E-state index contributed by atoms with van der Waals surface area (Å²) >= 11 is 0. The minimum atomic E-state index is -0.157. The minimum Gasteiger partial charge on any atom is -0.352 e. The second kappa shape index (κ2) is 8.71. The van der Waals surface area contributed by atoms with Crippen LogP contribution >= 0.6 is 0 Å². The maximum Gasteiger partial charge on any atom is 0.251 e. The molecule has 7 nitrogen and oxygen atoms in total. The average Bonchev–Trinajstić information content (AvgIpc) is 3.25. The molecule has 0 spiro atoms. The second-order valence-electron chi connectivity index (χ2n) is 8.16. The molecule has 3 aromatic rings. The molecule has 2 heterocycles. The Labute approximate surface area is 182 Å². The number of carbonyl (C=O) groups is 1. The number of hydrogen-bond donors (Lipinski definition) is 1. The van der Waals surface area contributed by atoms with Gasteiger partial charge in [-0.25, -0.2) is 0 Å². The summed E-state index contributed by atoms with van der Waals surface area (Å²) in [4.78, 5) is 14.7. The fourth-order valence-corrected chi connectivity index (χ4v) is 3.66. The number of hydrogen-bond acceptors (Lipinski definition) is 5. The molecule has 0 saturated heterocycles. The molecule has 0 saturated carbocycles. The third-order valence-corrected chi connectivity index (χ3v) is 5.67. The zero-order valence-corrected chi connectivity index (χ0v) is 18.4. The molecule has 1 amide bonds. The number of tetrazole rings is 1. The van der Waals surface area contributed by atoms with E-state index in [9.17, 15) is 4.79 Å². The molecule has 1 aromatic heterocycles. The van der Waals surface area contributed by atoms with Gasteiger partial charge in [-0.2, -0.15) is 4.68 Å². The van der Waals surface area contributed by atoms with Crippen LogP contribution in [0.1, 0.15) is 48.6 Å². The predicted molar refractivity (Wildman–Crippen MR) is 122 cm³/mol. The Balaban J connectivity index is 1.77. The summed E-state index contributed by atoms with van der Waals surface area (Å²) in [5.74, 6) is 0.499. The van der Waals surface area contributed by atoms with Gasteiger partial charge in [0, 0.05) is 6.04 Å². The quantitative estimate of drug-likeness (QED) is 0.664. The predicted octanol–water partition coefficient (Wildman–Crippen LogP) is 3.66. The van der Waals surface area contributed by atoms with Crippen LogP contribution in [-0.4, -0.2) is 38.7 Å². The maximum absolute atomic E-state index is 12.8. The fraction of sp³-hybridized carbons (Fsp3) is 0.333. The van der Waals surface area contributed by atoms with Crippen molar-refractivity contribution in [1.29, 1.82) is 0 Å². The Hall–Kier alpha value is -3.48. The van der Waals surface area contributed by atoms with Crippen LogP contribution in [0.15, 0.2) is 54.6 Å². The van der Waals surface area contributed by atoms with Gasteiger partial charge in [-0.15, -0.1) is 0 Å². The first kappa shape index (κ1) is 20.8. The monoisotopic (exact) mass is 416 g/mol. The summed E-state index contributed by atoms with van der Waals surface area (Å²) in [5.41, 5.74) is 5.41. The van der Waals surface area contributed by atoms with Crippen LogP contribution in [0.2, 0.25) is 0 Å². The van der Waals surface area contributed by atoms with Gasteiger partial charge >= 0.3 is 0 Å². The fourth-order valence-electron chi connectivity index (χ4n) is 3.66. The Bertz CT molecular complexity index is 1080. The zero-order chi connectivity index (χ0) is 22.0. The van der Waals surface area contributed by atoms with Gasteiger partial charge in [0.15, 0.2) is 0 Å². The number of nitrogens with one attached hydrogen (secondary N) is 1. The second-order valence-corrected chi connectivity index (χ2v) is 8.16. The Morgan fingerprint density at radius 2 is 1.71 bits per heavy atom. The number of aromatic nitrogens is 4. The van der Waals surface area contributed by atoms with Crippen molar-refractivity contribution in [3.8, 4) is 0 Å². The van der Waals surface area contributed by atoms with E-state index in [2.05, 4.69) is 96.2 Å². The van der Waals surface area contributed by atoms with E-state index in [1.807, 2.05) is 11.8 Å². The highest BCUT2D eigenvalue weighted by Gasteiger charge is 2.32. The molecular weight excluding hydrogens is 388 g/mol. The highest BCUT2D eigenvalue weighted by Crippen LogP contribution is 2.36. The van der Waals surface area contributed by atoms with Crippen molar-refractivity contribution in [3.63, 3.8) is 0 Å². The molecule has 0 unspecified atom stereocenters. The molecule has 1 aliphatic heterocycles. The Morgan fingerprint density at radius 1 is 1.06 bits per heavy atom. The van der Waals surface area contributed by atoms with E-state index in [-0.39, 0.29) is 24.5 Å². The number of amides is 1. The van der Waals surface area contributed by atoms with Crippen molar-refractivity contribution in [2.24, 2.45) is 0 Å². The molecule has 0 radical (unpaired) electrons. The van der Waals surface area contributed by atoms with Gasteiger partial charge in [0.25, 0.3) is 5.95 Å². The van der Waals surface area contributed by atoms with E-state index in [1.54, 1.807) is 4.68 Å². The van der Waals surface area contributed by atoms with Crippen LogP contribution in [0.4, 0.5) is 5.95 Å². The van der Waals surface area contributed by atoms with E-state index in [0.717, 1.165) is 23.2 Å². The largest absolute Gasteiger partial charge is 0.352 e. The van der Waals surface area contributed by atoms with E-state index < -0.39 is 0 Å². The first-order valence-corrected chi connectivity index (χ1v) is 10.7. The van der Waals surface area contributed by atoms with Crippen LogP contribution < -0.4 is 10.2 Å². The molecule has 7 heteroatoms. The molecule has 1 N–H and O–H groups in total. The smallest absolute Gasteiger partial charge is 0.251 e. The van der Waals surface area contributed by atoms with Gasteiger partial charge in [-0.1, -0.05) is 71.7 Å². The molecule has 31 heavy (non-hydrogen) atoms. The first-order chi connectivity index (χ1) is 15.0. The number of aryl methyl sites for hydroxylation is 2. The zero-order valence-electron chi connectivity index (χ0n) is 18.4. The number of nitrogens with zero attached hydrogens (tertiary/aromatic N) is 5. The van der Waals surface area contributed by atoms with Gasteiger partial charge in [0.05, 0.1) is 5.70 Å². The summed E-state index contributed by atoms with van der Waals surface area (Å²) in [6.07, 6.45) is 3.01. The van der Waals surface area contributed by atoms with Gasteiger partial charge < -0.3 is 5.32 Å². The number of fused-ring (bicyclic) bond motifs is 1. The standard InChI is InChI=1S/C24H28N6O/c1-5-18(4)25-23(31)15-29-21(19-10-6-16(2)7-11-19)14-22(30-24(29)26-27-28-30)20-12-8-17(3)9-13-20/h6-14,18,22H,5,15H2,1-4H3,(H,25,31)/t18-,22-/m0/s1. The van der Waals surface area contributed by atoms with Crippen molar-refractivity contribution in [3.05, 3.63) is 76.9 Å². The Kier molecular flexibility index (Phi) is 5.84. The van der Waals surface area contributed by atoms with Crippen molar-refractivity contribution < 1.29 is 4.79 Å². The topological polar surface area (TPSA) is 75.9 Å². The molecular formula is C24H28N6O. The molecule has 2 aromatic carbocycles. The molecule has 2 atom stereocenters. The van der Waals surface area contributed by atoms with Crippen molar-refractivity contribution in [1.82, 2.24) is 25.5 Å². The number of rotatable bonds is 6. The highest BCUT2D eigenvalue weighted by atomic mass is 16.2. The summed E-state index contributed by atoms with van der Waals surface area (Å²) in [5, 5.41) is 15.5. The van der Waals surface area contributed by atoms with Crippen LogP contribution in [0.3, 0.4) is 0 Å². The first-order valence-electron chi connectivity index (χ1n) is 10.7. The lowest BCUT2D eigenvalue weighted by Gasteiger charge is -2.32. The number of benzene rings is 2. The maximum atomic E-state index is 12.8. The van der Waals surface area contributed by atoms with Crippen LogP contribution in [-0.2, 0) is 4.79 Å². The SMILES string of the molecule is CC[C@H](C)NC(=O)CN1C(c2ccc(C)cc2)=C[C@@H](c2ccc(C)cc2)n2nnnc21. The van der Waals surface area contributed by atoms with Gasteiger partial charge in [-0.05, 0) is 54.8 Å². The van der Waals surface area contributed by atoms with E-state index >= 15 is 0 Å². The lowest BCUT2D eigenvalue weighted by Crippen LogP contribution is -2.42. The number of allylic oxidation sites excluding steroid dienone is 1. The van der Waals surface area contributed by atoms with Gasteiger partial charge in [0.2, 0.25) is 5.91 Å². The third-order valence-electron chi connectivity index (χ3n) is 5.67. The number of anilines is 1. The summed E-state index contributed by atoms with van der Waals surface area (Å²) in [7, 11) is 0. The summed E-state index contributed by atoms with van der Waals surface area (Å²) in [6.45, 7) is 8.33. The van der Waals surface area contributed by atoms with E-state index in [4.69, 9.17) is 0 Å². The van der Waals surface area contributed by atoms with E-state index in [0.29, 0.717) is 5.95 Å². The van der Waals surface area contributed by atoms with Crippen LogP contribution in [0.25, 0.3) is 5.70 Å². The molecule has 0 aliphatic carbocycles. The number of carbonyl (C=O) groups excluding carboxylic acids is 1. The van der Waals surface area contributed by atoms with Gasteiger partial charge in [0.1, 0.15) is 12.6 Å². The molecule has 1 aliphatic rings. The third kappa shape index (κ3) is 4.35. The normalized spacial score (nSPS) is 16.5. The van der Waals surface area contributed by atoms with Crippen molar-refractivity contribution in [2.45, 2.75) is 46.2 Å². The summed E-state index contributed by atoms with van der Waals surface area (Å²) in [6, 6.07) is 16.6. The highest BCUT2D eigenvalue weighted by molar-refractivity contribution is 5.89. The lowest BCUT2D eigenvalue weighted by molar-refractivity contribution is -0.120. The Morgan fingerprint density at radius 3 is 2.35 bits per heavy atom. The van der Waals surface area contributed by atoms with Crippen molar-refractivity contribution in [2.75, 3.05) is 11.4 Å².